The van der Waals surface area contributed by atoms with E-state index in [9.17, 15) is 27.2 Å². The summed E-state index contributed by atoms with van der Waals surface area (Å²) in [7, 11) is 0. The van der Waals surface area contributed by atoms with Crippen LogP contribution in [0, 0.1) is 0 Å². The number of anilines is 1. The number of hydrogen-bond acceptors (Lipinski definition) is 8. The van der Waals surface area contributed by atoms with Crippen molar-refractivity contribution in [3.8, 4) is 17.0 Å². The van der Waals surface area contributed by atoms with Crippen molar-refractivity contribution < 1.29 is 31.8 Å². The summed E-state index contributed by atoms with van der Waals surface area (Å²) in [6.07, 6.45) is -3.71. The molecule has 0 aromatic carbocycles. The molecule has 0 spiro atoms. The number of carbonyl (C=O) groups excluding carboxylic acids is 1. The van der Waals surface area contributed by atoms with E-state index >= 15 is 0 Å². The van der Waals surface area contributed by atoms with Gasteiger partial charge in [0.2, 0.25) is 5.88 Å². The Labute approximate surface area is 195 Å². The smallest absolute Gasteiger partial charge is 0.401 e. The fraction of sp³-hybridized carbons (Fsp3) is 0.333. The van der Waals surface area contributed by atoms with Gasteiger partial charge in [0, 0.05) is 37.0 Å². The minimum atomic E-state index is -5.32. The molecule has 35 heavy (non-hydrogen) atoms. The predicted octanol–water partition coefficient (Wildman–Crippen LogP) is 1.67. The molecule has 10 nitrogen and oxygen atoms in total. The van der Waals surface area contributed by atoms with Crippen LogP contribution in [0.1, 0.15) is 0 Å². The number of nitrogens with zero attached hydrogens (tertiary/aromatic N) is 5. The highest BCUT2D eigenvalue weighted by Crippen LogP contribution is 2.32. The number of ether oxygens (including phenoxy) is 2. The van der Waals surface area contributed by atoms with Crippen molar-refractivity contribution in [3.63, 3.8) is 0 Å². The van der Waals surface area contributed by atoms with E-state index in [4.69, 9.17) is 10.5 Å². The van der Waals surface area contributed by atoms with Gasteiger partial charge in [-0.25, -0.2) is 28.0 Å². The van der Waals surface area contributed by atoms with E-state index in [1.807, 2.05) is 4.90 Å². The monoisotopic (exact) mass is 496 g/mol. The molecule has 3 aromatic heterocycles. The highest BCUT2D eigenvalue weighted by Gasteiger charge is 2.42. The molecule has 0 amide bonds. The Balaban J connectivity index is 1.81. The molecule has 0 radical (unpaired) electrons. The molecule has 0 atom stereocenters. The number of nitrogens with two attached hydrogens (primary N) is 1. The second-order valence-corrected chi connectivity index (χ2v) is 7.55. The maximum Gasteiger partial charge on any atom is 0.491 e. The van der Waals surface area contributed by atoms with Crippen LogP contribution in [-0.2, 0) is 16.1 Å². The van der Waals surface area contributed by atoms with Crippen molar-refractivity contribution in [1.82, 2.24) is 19.2 Å². The third-order valence-corrected chi connectivity index (χ3v) is 5.28. The molecule has 0 unspecified atom stereocenters. The van der Waals surface area contributed by atoms with Gasteiger partial charge in [0.05, 0.1) is 26.1 Å². The molecule has 1 saturated heterocycles. The number of alkyl halides is 3. The highest BCUT2D eigenvalue weighted by molar-refractivity contribution is 5.81. The van der Waals surface area contributed by atoms with Crippen LogP contribution >= 0.6 is 0 Å². The Morgan fingerprint density at radius 1 is 1.20 bits per heavy atom. The molecule has 0 saturated carbocycles. The topological polar surface area (TPSA) is 117 Å². The summed E-state index contributed by atoms with van der Waals surface area (Å²) in [5, 5.41) is 3.99. The van der Waals surface area contributed by atoms with E-state index in [2.05, 4.69) is 14.8 Å². The first-order valence-corrected chi connectivity index (χ1v) is 10.4. The number of rotatable bonds is 6. The van der Waals surface area contributed by atoms with Gasteiger partial charge in [-0.2, -0.15) is 13.2 Å². The second-order valence-electron chi connectivity index (χ2n) is 7.55. The van der Waals surface area contributed by atoms with Crippen molar-refractivity contribution in [1.29, 1.82) is 0 Å². The van der Waals surface area contributed by atoms with Crippen LogP contribution in [0.15, 0.2) is 47.2 Å². The zero-order valence-electron chi connectivity index (χ0n) is 18.2. The van der Waals surface area contributed by atoms with E-state index in [1.54, 1.807) is 12.1 Å². The zero-order chi connectivity index (χ0) is 25.2. The molecule has 0 bridgehead atoms. The number of aromatic nitrogens is 4. The average Bonchev–Trinajstić information content (AvgIpc) is 3.18. The Hall–Kier alpha value is -3.78. The van der Waals surface area contributed by atoms with E-state index < -0.39 is 23.7 Å². The van der Waals surface area contributed by atoms with E-state index in [0.717, 1.165) is 4.68 Å². The zero-order valence-corrected chi connectivity index (χ0v) is 18.2. The highest BCUT2D eigenvalue weighted by atomic mass is 19.4. The van der Waals surface area contributed by atoms with Crippen LogP contribution in [0.2, 0.25) is 0 Å². The minimum absolute atomic E-state index is 0.00198. The fourth-order valence-electron chi connectivity index (χ4n) is 3.50. The first-order chi connectivity index (χ1) is 16.7. The molecule has 4 heterocycles. The van der Waals surface area contributed by atoms with Gasteiger partial charge in [-0.1, -0.05) is 0 Å². The van der Waals surface area contributed by atoms with Gasteiger partial charge in [0.25, 0.3) is 0 Å². The van der Waals surface area contributed by atoms with Gasteiger partial charge in [-0.05, 0) is 29.8 Å². The summed E-state index contributed by atoms with van der Waals surface area (Å²) in [6, 6.07) is 5.95. The number of morpholine rings is 1. The van der Waals surface area contributed by atoms with Gasteiger partial charge in [-0.3, -0.25) is 0 Å². The van der Waals surface area contributed by atoms with Crippen molar-refractivity contribution in [2.45, 2.75) is 12.7 Å². The van der Waals surface area contributed by atoms with Crippen LogP contribution in [0.3, 0.4) is 0 Å². The predicted molar refractivity (Wildman–Crippen MR) is 116 cm³/mol. The van der Waals surface area contributed by atoms with Crippen molar-refractivity contribution in [3.05, 3.63) is 52.8 Å². The molecule has 186 valence electrons. The maximum atomic E-state index is 13.0. The molecule has 1 fully saturated rings. The normalized spacial score (nSPS) is 15.0. The quantitative estimate of drug-likeness (QED) is 0.405. The molecular formula is C21H20F4N6O4. The Morgan fingerprint density at radius 2 is 1.94 bits per heavy atom. The largest absolute Gasteiger partial charge is 0.491 e. The van der Waals surface area contributed by atoms with Crippen LogP contribution in [0.25, 0.3) is 16.8 Å². The first kappa shape index (κ1) is 24.3. The van der Waals surface area contributed by atoms with Crippen LogP contribution in [0.4, 0.5) is 23.4 Å². The average molecular weight is 496 g/mol. The van der Waals surface area contributed by atoms with Gasteiger partial charge in [0.1, 0.15) is 5.82 Å². The Morgan fingerprint density at radius 3 is 2.54 bits per heavy atom. The van der Waals surface area contributed by atoms with Gasteiger partial charge >= 0.3 is 17.8 Å². The SMILES string of the molecule is NC/C(=C\F)Cn1nc2ccc(-c3ccc(N4CCOCC4)nc3)c(OC(=O)C(F)(F)F)n2c1=O. The number of halogens is 4. The summed E-state index contributed by atoms with van der Waals surface area (Å²) < 4.78 is 63.5. The number of esters is 1. The van der Waals surface area contributed by atoms with E-state index in [-0.39, 0.29) is 36.2 Å². The second kappa shape index (κ2) is 9.84. The molecule has 1 aliphatic rings. The van der Waals surface area contributed by atoms with Crippen molar-refractivity contribution in [2.75, 3.05) is 37.7 Å². The molecule has 14 heteroatoms. The third-order valence-electron chi connectivity index (χ3n) is 5.28. The number of carbonyl (C=O) groups is 1. The fourth-order valence-corrected chi connectivity index (χ4v) is 3.50. The van der Waals surface area contributed by atoms with Crippen molar-refractivity contribution in [2.24, 2.45) is 5.73 Å². The summed E-state index contributed by atoms with van der Waals surface area (Å²) in [6.45, 7) is 1.77. The molecule has 0 aliphatic carbocycles. The lowest BCUT2D eigenvalue weighted by Gasteiger charge is -2.27. The van der Waals surface area contributed by atoms with E-state index in [0.29, 0.717) is 42.1 Å². The lowest BCUT2D eigenvalue weighted by Crippen LogP contribution is -2.36. The molecule has 4 rings (SSSR count). The van der Waals surface area contributed by atoms with E-state index in [1.165, 1.54) is 18.3 Å². The number of fused-ring (bicyclic) bond motifs is 1. The molecule has 1 aliphatic heterocycles. The number of hydrogen-bond donors (Lipinski definition) is 1. The van der Waals surface area contributed by atoms with Crippen LogP contribution < -0.4 is 21.1 Å². The Kier molecular flexibility index (Phi) is 6.84. The molecular weight excluding hydrogens is 476 g/mol. The van der Waals surface area contributed by atoms with Crippen LogP contribution in [-0.4, -0.2) is 64.2 Å². The maximum absolute atomic E-state index is 13.0. The van der Waals surface area contributed by atoms with Crippen LogP contribution in [0.5, 0.6) is 5.88 Å². The first-order valence-electron chi connectivity index (χ1n) is 10.4. The summed E-state index contributed by atoms with van der Waals surface area (Å²) in [5.74, 6) is -2.58. The van der Waals surface area contributed by atoms with Crippen molar-refractivity contribution >= 4 is 17.4 Å². The molecule has 3 aromatic rings. The summed E-state index contributed by atoms with van der Waals surface area (Å²) in [5.41, 5.74) is 4.66. The summed E-state index contributed by atoms with van der Waals surface area (Å²) >= 11 is 0. The third kappa shape index (κ3) is 5.02. The lowest BCUT2D eigenvalue weighted by molar-refractivity contribution is -0.190. The minimum Gasteiger partial charge on any atom is -0.401 e. The van der Waals surface area contributed by atoms with Gasteiger partial charge in [0.15, 0.2) is 5.65 Å². The summed E-state index contributed by atoms with van der Waals surface area (Å²) in [4.78, 5) is 31.0. The molecule has 2 N–H and O–H groups in total. The number of pyridine rings is 2. The Bertz CT molecular complexity index is 1310. The van der Waals surface area contributed by atoms with Gasteiger partial charge < -0.3 is 20.1 Å². The standard InChI is InChI=1S/C21H20F4N6O4/c22-9-13(10-26)12-30-20(33)31-17(28-30)4-2-15(18(31)35-19(32)21(23,24)25)14-1-3-16(27-11-14)29-5-7-34-8-6-29/h1-4,9,11H,5-8,10,12,26H2/b13-9+. The lowest BCUT2D eigenvalue weighted by atomic mass is 10.1. The van der Waals surface area contributed by atoms with Gasteiger partial charge in [-0.15, -0.1) is 5.10 Å².